The Kier molecular flexibility index (Phi) is 4.74. The molecule has 0 radical (unpaired) electrons. The predicted octanol–water partition coefficient (Wildman–Crippen LogP) is 5.16. The van der Waals surface area contributed by atoms with E-state index in [0.29, 0.717) is 33.1 Å². The molecule has 0 saturated carbocycles. The SMILES string of the molecule is Cc1ccc(Nc2ncnc(Nc3ccc(Cl)cc3Cl)c2N)cc1. The molecular weight excluding hydrogens is 345 g/mol. The lowest BCUT2D eigenvalue weighted by Crippen LogP contribution is -2.05. The van der Waals surface area contributed by atoms with E-state index in [1.54, 1.807) is 18.2 Å². The van der Waals surface area contributed by atoms with Crippen molar-refractivity contribution in [1.82, 2.24) is 9.97 Å². The van der Waals surface area contributed by atoms with Gasteiger partial charge in [-0.05, 0) is 37.3 Å². The summed E-state index contributed by atoms with van der Waals surface area (Å²) in [6.45, 7) is 2.03. The average Bonchev–Trinajstić information content (AvgIpc) is 2.55. The van der Waals surface area contributed by atoms with Crippen molar-refractivity contribution in [1.29, 1.82) is 0 Å². The molecule has 3 rings (SSSR count). The van der Waals surface area contributed by atoms with Crippen LogP contribution < -0.4 is 16.4 Å². The highest BCUT2D eigenvalue weighted by Crippen LogP contribution is 2.32. The summed E-state index contributed by atoms with van der Waals surface area (Å²) in [5.41, 5.74) is 9.29. The van der Waals surface area contributed by atoms with Gasteiger partial charge in [0.15, 0.2) is 11.6 Å². The van der Waals surface area contributed by atoms with Crippen molar-refractivity contribution in [2.24, 2.45) is 0 Å². The van der Waals surface area contributed by atoms with Gasteiger partial charge in [-0.25, -0.2) is 9.97 Å². The van der Waals surface area contributed by atoms with E-state index in [1.807, 2.05) is 31.2 Å². The molecule has 122 valence electrons. The molecular formula is C17H15Cl2N5. The lowest BCUT2D eigenvalue weighted by atomic mass is 10.2. The van der Waals surface area contributed by atoms with E-state index >= 15 is 0 Å². The summed E-state index contributed by atoms with van der Waals surface area (Å²) in [4.78, 5) is 8.37. The van der Waals surface area contributed by atoms with Crippen molar-refractivity contribution in [3.63, 3.8) is 0 Å². The van der Waals surface area contributed by atoms with Gasteiger partial charge in [0.1, 0.15) is 12.0 Å². The number of hydrogen-bond acceptors (Lipinski definition) is 5. The van der Waals surface area contributed by atoms with Gasteiger partial charge < -0.3 is 16.4 Å². The summed E-state index contributed by atoms with van der Waals surface area (Å²) in [6, 6.07) is 13.1. The van der Waals surface area contributed by atoms with Gasteiger partial charge in [0, 0.05) is 10.7 Å². The molecule has 4 N–H and O–H groups in total. The molecule has 5 nitrogen and oxygen atoms in total. The molecule has 0 aliphatic rings. The van der Waals surface area contributed by atoms with Crippen molar-refractivity contribution in [2.75, 3.05) is 16.4 Å². The molecule has 0 saturated heterocycles. The number of rotatable bonds is 4. The van der Waals surface area contributed by atoms with Crippen LogP contribution in [0.2, 0.25) is 10.0 Å². The minimum atomic E-state index is 0.393. The fourth-order valence-electron chi connectivity index (χ4n) is 2.09. The van der Waals surface area contributed by atoms with Gasteiger partial charge in [0.25, 0.3) is 0 Å². The van der Waals surface area contributed by atoms with Crippen LogP contribution in [0.5, 0.6) is 0 Å². The maximum absolute atomic E-state index is 6.17. The molecule has 24 heavy (non-hydrogen) atoms. The Hall–Kier alpha value is -2.50. The van der Waals surface area contributed by atoms with Crippen LogP contribution in [0.1, 0.15) is 5.56 Å². The van der Waals surface area contributed by atoms with Crippen LogP contribution in [0.4, 0.5) is 28.7 Å². The van der Waals surface area contributed by atoms with Gasteiger partial charge in [-0.2, -0.15) is 0 Å². The Morgan fingerprint density at radius 2 is 1.58 bits per heavy atom. The molecule has 0 bridgehead atoms. The van der Waals surface area contributed by atoms with E-state index in [0.717, 1.165) is 5.69 Å². The third kappa shape index (κ3) is 3.69. The maximum Gasteiger partial charge on any atom is 0.159 e. The Bertz CT molecular complexity index is 865. The molecule has 7 heteroatoms. The highest BCUT2D eigenvalue weighted by atomic mass is 35.5. The third-order valence-electron chi connectivity index (χ3n) is 3.38. The van der Waals surface area contributed by atoms with Crippen LogP contribution in [-0.4, -0.2) is 9.97 Å². The minimum absolute atomic E-state index is 0.393. The number of halogens is 2. The van der Waals surface area contributed by atoms with Crippen LogP contribution in [-0.2, 0) is 0 Å². The van der Waals surface area contributed by atoms with E-state index in [1.165, 1.54) is 11.9 Å². The number of nitrogens with zero attached hydrogens (tertiary/aromatic N) is 2. The summed E-state index contributed by atoms with van der Waals surface area (Å²) < 4.78 is 0. The van der Waals surface area contributed by atoms with E-state index in [2.05, 4.69) is 20.6 Å². The third-order valence-corrected chi connectivity index (χ3v) is 3.93. The van der Waals surface area contributed by atoms with Crippen LogP contribution in [0.3, 0.4) is 0 Å². The molecule has 3 aromatic rings. The number of hydrogen-bond donors (Lipinski definition) is 3. The molecule has 0 unspecified atom stereocenters. The molecule has 0 fully saturated rings. The molecule has 2 aromatic carbocycles. The standard InChI is InChI=1S/C17H15Cl2N5/c1-10-2-5-12(6-3-10)23-16-15(20)17(22-9-21-16)24-14-7-4-11(18)8-13(14)19/h2-9H,20H2,1H3,(H2,21,22,23,24). The van der Waals surface area contributed by atoms with Crippen molar-refractivity contribution in [3.05, 3.63) is 64.4 Å². The molecule has 0 aliphatic carbocycles. The second kappa shape index (κ2) is 6.95. The van der Waals surface area contributed by atoms with Crippen molar-refractivity contribution >= 4 is 51.9 Å². The monoisotopic (exact) mass is 359 g/mol. The summed E-state index contributed by atoms with van der Waals surface area (Å²) in [5, 5.41) is 7.31. The number of nitrogen functional groups attached to an aromatic ring is 1. The van der Waals surface area contributed by atoms with Gasteiger partial charge in [-0.15, -0.1) is 0 Å². The predicted molar refractivity (Wildman–Crippen MR) is 101 cm³/mol. The van der Waals surface area contributed by atoms with Gasteiger partial charge in [-0.1, -0.05) is 40.9 Å². The van der Waals surface area contributed by atoms with Crippen molar-refractivity contribution in [3.8, 4) is 0 Å². The summed E-state index contributed by atoms with van der Waals surface area (Å²) in [7, 11) is 0. The Labute approximate surface area is 149 Å². The number of aryl methyl sites for hydroxylation is 1. The quantitative estimate of drug-likeness (QED) is 0.599. The van der Waals surface area contributed by atoms with Crippen molar-refractivity contribution < 1.29 is 0 Å². The van der Waals surface area contributed by atoms with E-state index in [-0.39, 0.29) is 0 Å². The van der Waals surface area contributed by atoms with Crippen LogP contribution in [0, 0.1) is 6.92 Å². The Balaban J connectivity index is 1.86. The fraction of sp³-hybridized carbons (Fsp3) is 0.0588. The van der Waals surface area contributed by atoms with E-state index in [4.69, 9.17) is 28.9 Å². The number of nitrogens with one attached hydrogen (secondary N) is 2. The van der Waals surface area contributed by atoms with Crippen LogP contribution >= 0.6 is 23.2 Å². The first-order valence-electron chi connectivity index (χ1n) is 7.19. The van der Waals surface area contributed by atoms with Gasteiger partial charge in [0.2, 0.25) is 0 Å². The molecule has 0 amide bonds. The number of anilines is 5. The maximum atomic E-state index is 6.17. The first-order chi connectivity index (χ1) is 11.5. The Morgan fingerprint density at radius 1 is 0.917 bits per heavy atom. The zero-order valence-electron chi connectivity index (χ0n) is 12.8. The molecule has 1 heterocycles. The summed E-state index contributed by atoms with van der Waals surface area (Å²) >= 11 is 12.1. The van der Waals surface area contributed by atoms with Crippen LogP contribution in [0.25, 0.3) is 0 Å². The highest BCUT2D eigenvalue weighted by molar-refractivity contribution is 6.36. The number of benzene rings is 2. The topological polar surface area (TPSA) is 75.9 Å². The number of aromatic nitrogens is 2. The zero-order chi connectivity index (χ0) is 17.1. The molecule has 0 spiro atoms. The molecule has 0 atom stereocenters. The summed E-state index contributed by atoms with van der Waals surface area (Å²) in [6.07, 6.45) is 1.43. The lowest BCUT2D eigenvalue weighted by Gasteiger charge is -2.13. The van der Waals surface area contributed by atoms with E-state index in [9.17, 15) is 0 Å². The number of nitrogens with two attached hydrogens (primary N) is 1. The van der Waals surface area contributed by atoms with Gasteiger partial charge >= 0.3 is 0 Å². The lowest BCUT2D eigenvalue weighted by molar-refractivity contribution is 1.17. The second-order valence-corrected chi connectivity index (χ2v) is 6.07. The average molecular weight is 360 g/mol. The molecule has 1 aromatic heterocycles. The highest BCUT2D eigenvalue weighted by Gasteiger charge is 2.10. The van der Waals surface area contributed by atoms with Crippen LogP contribution in [0.15, 0.2) is 48.8 Å². The minimum Gasteiger partial charge on any atom is -0.393 e. The smallest absolute Gasteiger partial charge is 0.159 e. The van der Waals surface area contributed by atoms with Gasteiger partial charge in [-0.3, -0.25) is 0 Å². The fourth-order valence-corrected chi connectivity index (χ4v) is 2.54. The van der Waals surface area contributed by atoms with Gasteiger partial charge in [0.05, 0.1) is 10.7 Å². The Morgan fingerprint density at radius 3 is 2.25 bits per heavy atom. The normalized spacial score (nSPS) is 10.5. The second-order valence-electron chi connectivity index (χ2n) is 5.22. The molecule has 0 aliphatic heterocycles. The zero-order valence-corrected chi connectivity index (χ0v) is 14.4. The van der Waals surface area contributed by atoms with Crippen molar-refractivity contribution in [2.45, 2.75) is 6.92 Å². The first-order valence-corrected chi connectivity index (χ1v) is 7.95. The first kappa shape index (κ1) is 16.4. The summed E-state index contributed by atoms with van der Waals surface area (Å²) in [5.74, 6) is 0.977. The largest absolute Gasteiger partial charge is 0.393 e. The van der Waals surface area contributed by atoms with E-state index < -0.39 is 0 Å².